The molecule has 7 heteroatoms. The van der Waals surface area contributed by atoms with Crippen LogP contribution in [0, 0.1) is 6.92 Å². The first-order valence-electron chi connectivity index (χ1n) is 9.95. The minimum absolute atomic E-state index is 0.241. The average molecular weight is 411 g/mol. The highest BCUT2D eigenvalue weighted by molar-refractivity contribution is 6.30. The number of likely N-dealkylation sites (tertiary alicyclic amines) is 1. The van der Waals surface area contributed by atoms with E-state index in [0.717, 1.165) is 59.4 Å². The molecule has 1 aromatic carbocycles. The molecule has 29 heavy (non-hydrogen) atoms. The van der Waals surface area contributed by atoms with Crippen LogP contribution < -0.4 is 4.90 Å². The zero-order valence-electron chi connectivity index (χ0n) is 17.4. The molecule has 4 rings (SSSR count). The summed E-state index contributed by atoms with van der Waals surface area (Å²) in [6, 6.07) is 8.18. The number of anilines is 1. The molecule has 0 radical (unpaired) electrons. The number of hydrogen-bond acceptors (Lipinski definition) is 5. The number of rotatable bonds is 5. The molecule has 0 amide bonds. The number of halogens is 1. The maximum Gasteiger partial charge on any atom is 0.225 e. The van der Waals surface area contributed by atoms with Crippen molar-refractivity contribution in [2.45, 2.75) is 32.4 Å². The quantitative estimate of drug-likeness (QED) is 0.629. The van der Waals surface area contributed by atoms with Gasteiger partial charge in [-0.15, -0.1) is 0 Å². The van der Waals surface area contributed by atoms with Crippen LogP contribution in [0.4, 0.5) is 5.95 Å². The molecule has 0 aliphatic carbocycles. The van der Waals surface area contributed by atoms with E-state index in [4.69, 9.17) is 16.6 Å². The Hall–Kier alpha value is -2.44. The van der Waals surface area contributed by atoms with E-state index in [-0.39, 0.29) is 6.04 Å². The van der Waals surface area contributed by atoms with Gasteiger partial charge in [0.2, 0.25) is 5.95 Å². The van der Waals surface area contributed by atoms with Crippen LogP contribution >= 0.6 is 11.6 Å². The van der Waals surface area contributed by atoms with Crippen LogP contribution in [0.2, 0.25) is 5.02 Å². The molecular formula is C22H27ClN6. The molecule has 1 atom stereocenters. The number of aryl methyl sites for hydroxylation is 2. The summed E-state index contributed by atoms with van der Waals surface area (Å²) in [5, 5.41) is 5.23. The fourth-order valence-electron chi connectivity index (χ4n) is 4.08. The van der Waals surface area contributed by atoms with E-state index in [0.29, 0.717) is 0 Å². The van der Waals surface area contributed by atoms with E-state index in [9.17, 15) is 0 Å². The van der Waals surface area contributed by atoms with Crippen molar-refractivity contribution in [3.63, 3.8) is 0 Å². The SMILES string of the molecule is Cc1nn(C)cc1CN1CCC[C@@H]1c1nc(N(C)C)ncc1-c1cccc(Cl)c1. The van der Waals surface area contributed by atoms with Crippen LogP contribution in [0.25, 0.3) is 11.1 Å². The third-order valence-electron chi connectivity index (χ3n) is 5.51. The van der Waals surface area contributed by atoms with E-state index in [1.807, 2.05) is 55.1 Å². The molecule has 2 aromatic heterocycles. The molecule has 0 saturated carbocycles. The first-order chi connectivity index (χ1) is 13.9. The van der Waals surface area contributed by atoms with Crippen molar-refractivity contribution in [2.24, 2.45) is 7.05 Å². The van der Waals surface area contributed by atoms with Crippen LogP contribution in [0.3, 0.4) is 0 Å². The molecule has 1 aliphatic heterocycles. The van der Waals surface area contributed by atoms with Gasteiger partial charge in [0.25, 0.3) is 0 Å². The summed E-state index contributed by atoms with van der Waals surface area (Å²) in [7, 11) is 5.93. The summed E-state index contributed by atoms with van der Waals surface area (Å²) in [5.41, 5.74) is 5.54. The predicted molar refractivity (Wildman–Crippen MR) is 117 cm³/mol. The van der Waals surface area contributed by atoms with Crippen molar-refractivity contribution < 1.29 is 0 Å². The van der Waals surface area contributed by atoms with E-state index in [1.165, 1.54) is 5.56 Å². The van der Waals surface area contributed by atoms with Gasteiger partial charge < -0.3 is 4.90 Å². The van der Waals surface area contributed by atoms with Gasteiger partial charge in [0.1, 0.15) is 0 Å². The molecule has 0 bridgehead atoms. The van der Waals surface area contributed by atoms with Gasteiger partial charge in [-0.1, -0.05) is 23.7 Å². The third kappa shape index (κ3) is 4.14. The summed E-state index contributed by atoms with van der Waals surface area (Å²) in [5.74, 6) is 0.732. The Labute approximate surface area is 177 Å². The highest BCUT2D eigenvalue weighted by Crippen LogP contribution is 2.38. The molecule has 0 spiro atoms. The largest absolute Gasteiger partial charge is 0.347 e. The zero-order valence-corrected chi connectivity index (χ0v) is 18.2. The normalized spacial score (nSPS) is 17.1. The summed E-state index contributed by atoms with van der Waals surface area (Å²) < 4.78 is 1.89. The highest BCUT2D eigenvalue weighted by atomic mass is 35.5. The zero-order chi connectivity index (χ0) is 20.5. The molecule has 152 valence electrons. The van der Waals surface area contributed by atoms with E-state index in [1.54, 1.807) is 0 Å². The smallest absolute Gasteiger partial charge is 0.225 e. The number of hydrogen-bond donors (Lipinski definition) is 0. The standard InChI is InChI=1S/C22H27ClN6/c1-15-17(13-28(4)26-15)14-29-10-6-9-20(29)21-19(12-24-22(25-21)27(2)3)16-7-5-8-18(23)11-16/h5,7-8,11-13,20H,6,9-10,14H2,1-4H3/t20-/m1/s1. The number of benzene rings is 1. The Morgan fingerprint density at radius 3 is 2.79 bits per heavy atom. The summed E-state index contributed by atoms with van der Waals surface area (Å²) in [6.45, 7) is 4.00. The van der Waals surface area contributed by atoms with Crippen molar-refractivity contribution >= 4 is 17.5 Å². The van der Waals surface area contributed by atoms with Gasteiger partial charge in [0, 0.05) is 56.2 Å². The van der Waals surface area contributed by atoms with Gasteiger partial charge in [0.05, 0.1) is 17.4 Å². The number of aromatic nitrogens is 4. The predicted octanol–water partition coefficient (Wildman–Crippen LogP) is 4.24. The molecular weight excluding hydrogens is 384 g/mol. The van der Waals surface area contributed by atoms with Crippen molar-refractivity contribution in [3.8, 4) is 11.1 Å². The first kappa shape index (κ1) is 19.9. The molecule has 0 unspecified atom stereocenters. The third-order valence-corrected chi connectivity index (χ3v) is 5.74. The molecule has 0 N–H and O–H groups in total. The Kier molecular flexibility index (Phi) is 5.56. The second kappa shape index (κ2) is 8.13. The first-order valence-corrected chi connectivity index (χ1v) is 10.3. The highest BCUT2D eigenvalue weighted by Gasteiger charge is 2.30. The molecule has 1 fully saturated rings. The molecule has 1 saturated heterocycles. The Morgan fingerprint density at radius 2 is 2.10 bits per heavy atom. The summed E-state index contributed by atoms with van der Waals surface area (Å²) in [4.78, 5) is 14.0. The monoisotopic (exact) mass is 410 g/mol. The lowest BCUT2D eigenvalue weighted by atomic mass is 9.99. The van der Waals surface area contributed by atoms with Crippen molar-refractivity contribution in [2.75, 3.05) is 25.5 Å². The fraction of sp³-hybridized carbons (Fsp3) is 0.409. The van der Waals surface area contributed by atoms with Gasteiger partial charge in [0.15, 0.2) is 0 Å². The second-order valence-corrected chi connectivity index (χ2v) is 8.35. The molecule has 3 aromatic rings. The topological polar surface area (TPSA) is 50.1 Å². The van der Waals surface area contributed by atoms with Crippen LogP contribution in [0.1, 0.15) is 35.8 Å². The lowest BCUT2D eigenvalue weighted by Gasteiger charge is -2.26. The Balaban J connectivity index is 1.74. The van der Waals surface area contributed by atoms with E-state index in [2.05, 4.69) is 34.2 Å². The lowest BCUT2D eigenvalue weighted by molar-refractivity contribution is 0.244. The van der Waals surface area contributed by atoms with Crippen molar-refractivity contribution in [1.82, 2.24) is 24.6 Å². The molecule has 3 heterocycles. The van der Waals surface area contributed by atoms with Crippen LogP contribution in [0.5, 0.6) is 0 Å². The van der Waals surface area contributed by atoms with E-state index >= 15 is 0 Å². The fourth-order valence-corrected chi connectivity index (χ4v) is 4.27. The van der Waals surface area contributed by atoms with E-state index < -0.39 is 0 Å². The molecule has 6 nitrogen and oxygen atoms in total. The van der Waals surface area contributed by atoms with Gasteiger partial charge >= 0.3 is 0 Å². The summed E-state index contributed by atoms with van der Waals surface area (Å²) >= 11 is 6.28. The van der Waals surface area contributed by atoms with Gasteiger partial charge in [-0.05, 0) is 44.0 Å². The summed E-state index contributed by atoms with van der Waals surface area (Å²) in [6.07, 6.45) is 6.29. The maximum absolute atomic E-state index is 6.28. The second-order valence-electron chi connectivity index (χ2n) is 7.92. The van der Waals surface area contributed by atoms with Crippen molar-refractivity contribution in [1.29, 1.82) is 0 Å². The lowest BCUT2D eigenvalue weighted by Crippen LogP contribution is -2.25. The van der Waals surface area contributed by atoms with Gasteiger partial charge in [-0.2, -0.15) is 5.10 Å². The van der Waals surface area contributed by atoms with Crippen molar-refractivity contribution in [3.05, 3.63) is 58.6 Å². The molecule has 1 aliphatic rings. The maximum atomic E-state index is 6.28. The Morgan fingerprint density at radius 1 is 1.28 bits per heavy atom. The van der Waals surface area contributed by atoms with Crippen LogP contribution in [0.15, 0.2) is 36.7 Å². The minimum Gasteiger partial charge on any atom is -0.347 e. The Bertz CT molecular complexity index is 1010. The minimum atomic E-state index is 0.241. The van der Waals surface area contributed by atoms with Gasteiger partial charge in [-0.3, -0.25) is 9.58 Å². The number of nitrogens with zero attached hydrogens (tertiary/aromatic N) is 6. The van der Waals surface area contributed by atoms with Crippen LogP contribution in [-0.2, 0) is 13.6 Å². The van der Waals surface area contributed by atoms with Crippen LogP contribution in [-0.4, -0.2) is 45.3 Å². The average Bonchev–Trinajstić information content (AvgIpc) is 3.27. The van der Waals surface area contributed by atoms with Gasteiger partial charge in [-0.25, -0.2) is 9.97 Å².